The molecule has 156 valence electrons. The molecule has 1 atom stereocenters. The molecular formula is C22H23N3O4S. The first-order valence-corrected chi connectivity index (χ1v) is 11.0. The average Bonchev–Trinajstić information content (AvgIpc) is 3.02. The van der Waals surface area contributed by atoms with Crippen LogP contribution in [0.5, 0.6) is 0 Å². The highest BCUT2D eigenvalue weighted by Gasteiger charge is 2.51. The van der Waals surface area contributed by atoms with Gasteiger partial charge < -0.3 is 0 Å². The van der Waals surface area contributed by atoms with Crippen LogP contribution in [0, 0.1) is 11.3 Å². The first kappa shape index (κ1) is 21.7. The molecule has 1 aliphatic rings. The van der Waals surface area contributed by atoms with Gasteiger partial charge in [-0.25, -0.2) is 13.3 Å². The number of sulfonamides is 1. The smallest absolute Gasteiger partial charge is 0.252 e. The Morgan fingerprint density at radius 2 is 1.70 bits per heavy atom. The van der Waals surface area contributed by atoms with Crippen molar-refractivity contribution in [3.8, 4) is 6.07 Å². The lowest BCUT2D eigenvalue weighted by Gasteiger charge is -2.39. The normalized spacial score (nSPS) is 17.4. The number of rotatable bonds is 6. The molecule has 2 aromatic carbocycles. The van der Waals surface area contributed by atoms with Gasteiger partial charge in [0.1, 0.15) is 6.04 Å². The fourth-order valence-corrected chi connectivity index (χ4v) is 5.54. The molecule has 8 heteroatoms. The summed E-state index contributed by atoms with van der Waals surface area (Å²) < 4.78 is 28.2. The van der Waals surface area contributed by atoms with Crippen molar-refractivity contribution < 1.29 is 18.0 Å². The van der Waals surface area contributed by atoms with E-state index in [0.29, 0.717) is 17.7 Å². The number of carbonyl (C=O) groups excluding carboxylic acids is 2. The summed E-state index contributed by atoms with van der Waals surface area (Å²) in [4.78, 5) is 27.1. The molecule has 1 aliphatic heterocycles. The van der Waals surface area contributed by atoms with Crippen molar-refractivity contribution in [2.24, 2.45) is 0 Å². The Morgan fingerprint density at radius 1 is 1.10 bits per heavy atom. The van der Waals surface area contributed by atoms with Gasteiger partial charge >= 0.3 is 0 Å². The second kappa shape index (κ2) is 8.01. The fraction of sp³-hybridized carbons (Fsp3) is 0.318. The van der Waals surface area contributed by atoms with E-state index in [9.17, 15) is 18.0 Å². The molecule has 0 N–H and O–H groups in total. The molecule has 0 bridgehead atoms. The summed E-state index contributed by atoms with van der Waals surface area (Å²) in [5.74, 6) is -1.07. The molecule has 2 aromatic rings. The van der Waals surface area contributed by atoms with E-state index in [0.717, 1.165) is 4.90 Å². The van der Waals surface area contributed by atoms with Gasteiger partial charge in [0.2, 0.25) is 15.9 Å². The second-order valence-corrected chi connectivity index (χ2v) is 9.54. The number of amides is 2. The van der Waals surface area contributed by atoms with Crippen LogP contribution in [0.2, 0.25) is 0 Å². The van der Waals surface area contributed by atoms with Crippen molar-refractivity contribution in [1.82, 2.24) is 4.31 Å². The molecule has 7 nitrogen and oxygen atoms in total. The van der Waals surface area contributed by atoms with Crippen molar-refractivity contribution in [1.29, 1.82) is 5.26 Å². The van der Waals surface area contributed by atoms with E-state index in [1.54, 1.807) is 32.0 Å². The van der Waals surface area contributed by atoms with Crippen molar-refractivity contribution in [3.63, 3.8) is 0 Å². The third-order valence-corrected chi connectivity index (χ3v) is 7.56. The van der Waals surface area contributed by atoms with Crippen LogP contribution in [0.25, 0.3) is 0 Å². The third kappa shape index (κ3) is 3.74. The monoisotopic (exact) mass is 425 g/mol. The Hall–Kier alpha value is -3.02. The summed E-state index contributed by atoms with van der Waals surface area (Å²) in [6.07, 6.45) is 0.211. The maximum Gasteiger partial charge on any atom is 0.252 e. The zero-order valence-corrected chi connectivity index (χ0v) is 17.9. The molecule has 0 saturated carbocycles. The van der Waals surface area contributed by atoms with E-state index in [1.165, 1.54) is 40.7 Å². The summed E-state index contributed by atoms with van der Waals surface area (Å²) in [5, 5.41) is 8.96. The maximum absolute atomic E-state index is 13.5. The number of benzene rings is 2. The van der Waals surface area contributed by atoms with Gasteiger partial charge in [-0.3, -0.25) is 9.59 Å². The number of hydrogen-bond donors (Lipinski definition) is 0. The van der Waals surface area contributed by atoms with Gasteiger partial charge in [0.25, 0.3) is 5.91 Å². The number of imide groups is 1. The highest BCUT2D eigenvalue weighted by molar-refractivity contribution is 7.89. The number of hydrogen-bond acceptors (Lipinski definition) is 5. The van der Waals surface area contributed by atoms with Gasteiger partial charge in [0.05, 0.1) is 28.6 Å². The molecule has 30 heavy (non-hydrogen) atoms. The molecule has 1 unspecified atom stereocenters. The second-order valence-electron chi connectivity index (χ2n) is 7.73. The van der Waals surface area contributed by atoms with Crippen molar-refractivity contribution in [2.45, 2.75) is 50.1 Å². The maximum atomic E-state index is 13.5. The van der Waals surface area contributed by atoms with Crippen LogP contribution >= 0.6 is 0 Å². The molecule has 1 saturated heterocycles. The number of anilines is 1. The minimum Gasteiger partial charge on any atom is -0.274 e. The first-order valence-electron chi connectivity index (χ1n) is 9.60. The van der Waals surface area contributed by atoms with Crippen LogP contribution in [0.1, 0.15) is 39.2 Å². The Labute approximate surface area is 176 Å². The summed E-state index contributed by atoms with van der Waals surface area (Å²) in [6, 6.07) is 14.8. The van der Waals surface area contributed by atoms with Crippen LogP contribution < -0.4 is 4.90 Å². The SMILES string of the molecule is CCC(C)(C)N(C1CC(=O)N(c2ccc(C#N)cc2)C1=O)S(=O)(=O)c1ccccc1. The van der Waals surface area contributed by atoms with E-state index in [-0.39, 0.29) is 11.3 Å². The van der Waals surface area contributed by atoms with Gasteiger partial charge in [-0.15, -0.1) is 0 Å². The van der Waals surface area contributed by atoms with Gasteiger partial charge in [0, 0.05) is 5.54 Å². The van der Waals surface area contributed by atoms with Crippen LogP contribution in [0.3, 0.4) is 0 Å². The predicted octanol–water partition coefficient (Wildman–Crippen LogP) is 3.07. The summed E-state index contributed by atoms with van der Waals surface area (Å²) in [7, 11) is -4.04. The first-order chi connectivity index (χ1) is 14.1. The van der Waals surface area contributed by atoms with Gasteiger partial charge in [-0.2, -0.15) is 9.57 Å². The van der Waals surface area contributed by atoms with E-state index >= 15 is 0 Å². The van der Waals surface area contributed by atoms with Crippen LogP contribution in [0.15, 0.2) is 59.5 Å². The van der Waals surface area contributed by atoms with Gasteiger partial charge in [-0.1, -0.05) is 25.1 Å². The molecule has 2 amide bonds. The largest absolute Gasteiger partial charge is 0.274 e. The minimum absolute atomic E-state index is 0.0728. The topological polar surface area (TPSA) is 98.5 Å². The molecular weight excluding hydrogens is 402 g/mol. The highest BCUT2D eigenvalue weighted by atomic mass is 32.2. The van der Waals surface area contributed by atoms with E-state index in [2.05, 4.69) is 0 Å². The van der Waals surface area contributed by atoms with Crippen LogP contribution in [0.4, 0.5) is 5.69 Å². The third-order valence-electron chi connectivity index (χ3n) is 5.42. The quantitative estimate of drug-likeness (QED) is 0.663. The van der Waals surface area contributed by atoms with E-state index in [4.69, 9.17) is 5.26 Å². The standard InChI is InChI=1S/C22H23N3O4S/c1-4-22(2,3)25(30(28,29)18-8-6-5-7-9-18)19-14-20(26)24(21(19)27)17-12-10-16(15-23)11-13-17/h5-13,19H,4,14H2,1-3H3. The number of carbonyl (C=O) groups is 2. The van der Waals surface area contributed by atoms with Crippen LogP contribution in [-0.2, 0) is 19.6 Å². The molecule has 3 rings (SSSR count). The van der Waals surface area contributed by atoms with E-state index in [1.807, 2.05) is 13.0 Å². The number of nitriles is 1. The van der Waals surface area contributed by atoms with E-state index < -0.39 is 33.4 Å². The van der Waals surface area contributed by atoms with Crippen molar-refractivity contribution in [2.75, 3.05) is 4.90 Å². The van der Waals surface area contributed by atoms with Gasteiger partial charge in [-0.05, 0) is 56.7 Å². The minimum atomic E-state index is -4.04. The lowest BCUT2D eigenvalue weighted by atomic mass is 10.00. The Morgan fingerprint density at radius 3 is 2.23 bits per heavy atom. The Bertz CT molecular complexity index is 1100. The molecule has 0 spiro atoms. The van der Waals surface area contributed by atoms with Crippen molar-refractivity contribution >= 4 is 27.5 Å². The Balaban J connectivity index is 2.06. The molecule has 0 radical (unpaired) electrons. The zero-order chi connectivity index (χ0) is 22.1. The molecule has 0 aliphatic carbocycles. The summed E-state index contributed by atoms with van der Waals surface area (Å²) in [5.41, 5.74) is -0.177. The lowest BCUT2D eigenvalue weighted by Crippen LogP contribution is -2.55. The highest BCUT2D eigenvalue weighted by Crippen LogP contribution is 2.35. The van der Waals surface area contributed by atoms with Crippen molar-refractivity contribution in [3.05, 3.63) is 60.2 Å². The van der Waals surface area contributed by atoms with Crippen LogP contribution in [-0.4, -0.2) is 36.1 Å². The Kier molecular flexibility index (Phi) is 5.79. The lowest BCUT2D eigenvalue weighted by molar-refractivity contribution is -0.122. The predicted molar refractivity (Wildman–Crippen MR) is 112 cm³/mol. The zero-order valence-electron chi connectivity index (χ0n) is 17.1. The molecule has 1 heterocycles. The average molecular weight is 426 g/mol. The molecule has 1 fully saturated rings. The fourth-order valence-electron chi connectivity index (χ4n) is 3.53. The summed E-state index contributed by atoms with van der Waals surface area (Å²) in [6.45, 7) is 5.33. The van der Waals surface area contributed by atoms with Gasteiger partial charge in [0.15, 0.2) is 0 Å². The summed E-state index contributed by atoms with van der Waals surface area (Å²) >= 11 is 0. The molecule has 0 aromatic heterocycles. The number of nitrogens with zero attached hydrogens (tertiary/aromatic N) is 3.